The van der Waals surface area contributed by atoms with Gasteiger partial charge in [0.05, 0.1) is 0 Å². The molecule has 3 aromatic rings. The van der Waals surface area contributed by atoms with Gasteiger partial charge < -0.3 is 10.7 Å². The van der Waals surface area contributed by atoms with Crippen molar-refractivity contribution in [3.05, 3.63) is 35.2 Å². The molecule has 0 radical (unpaired) electrons. The second-order valence-corrected chi connectivity index (χ2v) is 4.47. The molecule has 3 N–H and O–H groups in total. The van der Waals surface area contributed by atoms with Crippen LogP contribution in [0.5, 0.6) is 0 Å². The van der Waals surface area contributed by atoms with Gasteiger partial charge in [-0.05, 0) is 36.2 Å². The van der Waals surface area contributed by atoms with Crippen molar-refractivity contribution < 1.29 is 4.63 Å². The van der Waals surface area contributed by atoms with Gasteiger partial charge in [-0.1, -0.05) is 11.2 Å². The number of aromatic amines is 1. The van der Waals surface area contributed by atoms with Gasteiger partial charge in [0, 0.05) is 29.2 Å². The smallest absolute Gasteiger partial charge is 0.141 e. The molecule has 0 fully saturated rings. The van der Waals surface area contributed by atoms with Gasteiger partial charge in [0.25, 0.3) is 0 Å². The van der Waals surface area contributed by atoms with Crippen molar-refractivity contribution >= 4 is 10.9 Å². The van der Waals surface area contributed by atoms with Gasteiger partial charge in [-0.2, -0.15) is 0 Å². The van der Waals surface area contributed by atoms with Crippen molar-refractivity contribution in [3.63, 3.8) is 0 Å². The van der Waals surface area contributed by atoms with Crippen molar-refractivity contribution in [1.29, 1.82) is 0 Å². The molecule has 2 aromatic heterocycles. The lowest BCUT2D eigenvalue weighted by molar-refractivity contribution is 0.304. The van der Waals surface area contributed by atoms with Crippen LogP contribution in [0.25, 0.3) is 22.2 Å². The Hall–Kier alpha value is -2.14. The maximum atomic E-state index is 5.63. The van der Waals surface area contributed by atoms with Crippen molar-refractivity contribution in [2.24, 2.45) is 5.73 Å². The summed E-state index contributed by atoms with van der Waals surface area (Å²) >= 11 is 0. The largest absolute Gasteiger partial charge is 0.360 e. The highest BCUT2D eigenvalue weighted by Gasteiger charge is 2.16. The molecule has 0 saturated heterocycles. The Morgan fingerprint density at radius 1 is 1.28 bits per heavy atom. The summed E-state index contributed by atoms with van der Waals surface area (Å²) in [5.41, 5.74) is 11.5. The number of rotatable bonds is 2. The second kappa shape index (κ2) is 3.96. The predicted molar refractivity (Wildman–Crippen MR) is 69.0 cm³/mol. The summed E-state index contributed by atoms with van der Waals surface area (Å²) in [5.74, 6) is 0. The number of nitrogens with one attached hydrogen (secondary N) is 1. The van der Waals surface area contributed by atoms with E-state index in [2.05, 4.69) is 41.3 Å². The number of H-pyrrole nitrogens is 1. The Bertz CT molecular complexity index is 711. The topological polar surface area (TPSA) is 80.7 Å². The van der Waals surface area contributed by atoms with Gasteiger partial charge in [-0.15, -0.1) is 0 Å². The van der Waals surface area contributed by atoms with Crippen LogP contribution in [-0.4, -0.2) is 15.3 Å². The first-order valence-corrected chi connectivity index (χ1v) is 5.81. The van der Waals surface area contributed by atoms with Crippen LogP contribution >= 0.6 is 0 Å². The van der Waals surface area contributed by atoms with Crippen molar-refractivity contribution in [2.75, 3.05) is 0 Å². The normalized spacial score (nSPS) is 11.3. The number of hydrogen-bond donors (Lipinski definition) is 2. The molecular weight excluding hydrogens is 228 g/mol. The summed E-state index contributed by atoms with van der Waals surface area (Å²) in [4.78, 5) is 3.26. The number of aryl methyl sites for hydroxylation is 2. The Kier molecular flexibility index (Phi) is 2.41. The van der Waals surface area contributed by atoms with Crippen LogP contribution in [0.3, 0.4) is 0 Å². The molecule has 0 unspecified atom stereocenters. The van der Waals surface area contributed by atoms with Crippen LogP contribution in [0.1, 0.15) is 16.8 Å². The van der Waals surface area contributed by atoms with E-state index in [1.807, 2.05) is 6.20 Å². The molecule has 0 spiro atoms. The van der Waals surface area contributed by atoms with E-state index >= 15 is 0 Å². The molecule has 92 valence electrons. The molecule has 0 amide bonds. The molecule has 18 heavy (non-hydrogen) atoms. The zero-order valence-corrected chi connectivity index (χ0v) is 10.3. The quantitative estimate of drug-likeness (QED) is 0.722. The molecule has 5 nitrogen and oxygen atoms in total. The zero-order chi connectivity index (χ0) is 12.7. The highest BCUT2D eigenvalue weighted by atomic mass is 16.6. The van der Waals surface area contributed by atoms with Gasteiger partial charge in [-0.3, -0.25) is 0 Å². The van der Waals surface area contributed by atoms with E-state index in [0.29, 0.717) is 12.2 Å². The second-order valence-electron chi connectivity index (χ2n) is 4.47. The summed E-state index contributed by atoms with van der Waals surface area (Å²) in [7, 11) is 0. The first-order chi connectivity index (χ1) is 8.70. The standard InChI is InChI=1S/C13H14N4O/c1-7-3-8(2)12-9(6-15-10(12)4-7)13-11(5-14)16-18-17-13/h3-4,6,15H,5,14H2,1-2H3. The highest BCUT2D eigenvalue weighted by Crippen LogP contribution is 2.32. The molecule has 5 heteroatoms. The van der Waals surface area contributed by atoms with Gasteiger partial charge in [0.15, 0.2) is 0 Å². The molecular formula is C13H14N4O. The fraction of sp³-hybridized carbons (Fsp3) is 0.231. The number of fused-ring (bicyclic) bond motifs is 1. The fourth-order valence-corrected chi connectivity index (χ4v) is 2.39. The Morgan fingerprint density at radius 2 is 2.11 bits per heavy atom. The van der Waals surface area contributed by atoms with E-state index in [-0.39, 0.29) is 0 Å². The van der Waals surface area contributed by atoms with Crippen molar-refractivity contribution in [1.82, 2.24) is 15.3 Å². The number of nitrogens with two attached hydrogens (primary N) is 1. The minimum Gasteiger partial charge on any atom is -0.360 e. The van der Waals surface area contributed by atoms with E-state index in [9.17, 15) is 0 Å². The average molecular weight is 242 g/mol. The zero-order valence-electron chi connectivity index (χ0n) is 10.3. The summed E-state index contributed by atoms with van der Waals surface area (Å²) in [6.45, 7) is 4.48. The van der Waals surface area contributed by atoms with Crippen LogP contribution in [0.4, 0.5) is 0 Å². The minimum absolute atomic E-state index is 0.316. The minimum atomic E-state index is 0.316. The number of nitrogens with zero attached hydrogens (tertiary/aromatic N) is 2. The average Bonchev–Trinajstić information content (AvgIpc) is 2.92. The molecule has 3 rings (SSSR count). The summed E-state index contributed by atoms with van der Waals surface area (Å²) in [6, 6.07) is 4.26. The summed E-state index contributed by atoms with van der Waals surface area (Å²) < 4.78 is 4.78. The first-order valence-electron chi connectivity index (χ1n) is 5.81. The van der Waals surface area contributed by atoms with Gasteiger partial charge >= 0.3 is 0 Å². The molecule has 0 aliphatic rings. The van der Waals surface area contributed by atoms with Gasteiger partial charge in [0.1, 0.15) is 11.4 Å². The fourth-order valence-electron chi connectivity index (χ4n) is 2.39. The molecule has 0 bridgehead atoms. The monoisotopic (exact) mass is 242 g/mol. The summed E-state index contributed by atoms with van der Waals surface area (Å²) in [6.07, 6.45) is 1.93. The lowest BCUT2D eigenvalue weighted by atomic mass is 10.0. The van der Waals surface area contributed by atoms with Crippen LogP contribution < -0.4 is 5.73 Å². The Morgan fingerprint density at radius 3 is 2.89 bits per heavy atom. The summed E-state index contributed by atoms with van der Waals surface area (Å²) in [5, 5.41) is 8.92. The predicted octanol–water partition coefficient (Wildman–Crippen LogP) is 2.29. The lowest BCUT2D eigenvalue weighted by Gasteiger charge is -2.02. The van der Waals surface area contributed by atoms with E-state index in [0.717, 1.165) is 22.2 Å². The maximum Gasteiger partial charge on any atom is 0.141 e. The third-order valence-corrected chi connectivity index (χ3v) is 3.13. The molecule has 2 heterocycles. The molecule has 1 aromatic carbocycles. The van der Waals surface area contributed by atoms with E-state index < -0.39 is 0 Å². The molecule has 0 aliphatic carbocycles. The highest BCUT2D eigenvalue weighted by molar-refractivity contribution is 5.97. The first kappa shape index (κ1) is 11.0. The Labute approximate surface area is 104 Å². The Balaban J connectivity index is 2.31. The lowest BCUT2D eigenvalue weighted by Crippen LogP contribution is -1.98. The number of aromatic nitrogens is 3. The maximum absolute atomic E-state index is 5.63. The third-order valence-electron chi connectivity index (χ3n) is 3.13. The van der Waals surface area contributed by atoms with Crippen LogP contribution in [0.15, 0.2) is 23.0 Å². The van der Waals surface area contributed by atoms with Gasteiger partial charge in [0.2, 0.25) is 0 Å². The SMILES string of the molecule is Cc1cc(C)c2c(-c3nonc3CN)c[nH]c2c1. The third kappa shape index (κ3) is 1.52. The molecule has 0 saturated carbocycles. The van der Waals surface area contributed by atoms with Crippen LogP contribution in [-0.2, 0) is 6.54 Å². The van der Waals surface area contributed by atoms with Crippen molar-refractivity contribution in [2.45, 2.75) is 20.4 Å². The number of hydrogen-bond acceptors (Lipinski definition) is 4. The van der Waals surface area contributed by atoms with E-state index in [1.54, 1.807) is 0 Å². The molecule has 0 atom stereocenters. The van der Waals surface area contributed by atoms with Crippen LogP contribution in [0, 0.1) is 13.8 Å². The van der Waals surface area contributed by atoms with Crippen LogP contribution in [0.2, 0.25) is 0 Å². The van der Waals surface area contributed by atoms with E-state index in [4.69, 9.17) is 10.4 Å². The van der Waals surface area contributed by atoms with Gasteiger partial charge in [-0.25, -0.2) is 4.63 Å². The van der Waals surface area contributed by atoms with Crippen molar-refractivity contribution in [3.8, 4) is 11.3 Å². The molecule has 0 aliphatic heterocycles. The van der Waals surface area contributed by atoms with E-state index in [1.165, 1.54) is 11.1 Å². The number of benzene rings is 1.